The molecule has 0 aliphatic carbocycles. The van der Waals surface area contributed by atoms with Gasteiger partial charge in [0, 0.05) is 13.0 Å². The van der Waals surface area contributed by atoms with Gasteiger partial charge in [0.15, 0.2) is 5.69 Å². The number of fused-ring (bicyclic) bond motifs is 1. The minimum absolute atomic E-state index is 0.626. The van der Waals surface area contributed by atoms with Gasteiger partial charge in [-0.1, -0.05) is 17.7 Å². The third kappa shape index (κ3) is 2.55. The second kappa shape index (κ2) is 5.49. The molecule has 23 heavy (non-hydrogen) atoms. The monoisotopic (exact) mass is 305 g/mol. The molecule has 0 aliphatic rings. The summed E-state index contributed by atoms with van der Waals surface area (Å²) in [6.07, 6.45) is 0. The Morgan fingerprint density at radius 3 is 2.17 bits per heavy atom. The van der Waals surface area contributed by atoms with Crippen LogP contribution in [0.2, 0.25) is 0 Å². The SMILES string of the molecule is [2H]c1c(C)[n+](C)c(-c2cc(C)cc(C)c2C)c2cc(C)c(C)cc12. The maximum absolute atomic E-state index is 8.57. The van der Waals surface area contributed by atoms with Gasteiger partial charge in [0.1, 0.15) is 7.05 Å². The molecule has 0 bridgehead atoms. The van der Waals surface area contributed by atoms with Gasteiger partial charge in [-0.25, -0.2) is 0 Å². The molecule has 1 heteroatoms. The van der Waals surface area contributed by atoms with E-state index in [0.29, 0.717) is 6.04 Å². The van der Waals surface area contributed by atoms with Gasteiger partial charge in [0.05, 0.1) is 12.3 Å². The predicted octanol–water partition coefficient (Wildman–Crippen LogP) is 5.18. The molecule has 3 rings (SSSR count). The standard InChI is InChI=1S/C22H26N/c1-13-8-16(4)18(6)20(9-13)22-21-11-15(3)14(2)10-19(21)12-17(5)23(22)7/h8-12H,1-7H3/q+1/i12D. The van der Waals surface area contributed by atoms with Gasteiger partial charge < -0.3 is 0 Å². The van der Waals surface area contributed by atoms with Crippen LogP contribution in [0.3, 0.4) is 0 Å². The third-order valence-corrected chi connectivity index (χ3v) is 5.11. The van der Waals surface area contributed by atoms with Crippen LogP contribution in [0.25, 0.3) is 22.0 Å². The first kappa shape index (κ1) is 14.4. The van der Waals surface area contributed by atoms with Crippen LogP contribution in [-0.4, -0.2) is 0 Å². The van der Waals surface area contributed by atoms with Crippen molar-refractivity contribution in [2.24, 2.45) is 7.05 Å². The molecule has 0 fully saturated rings. The normalized spacial score (nSPS) is 11.9. The fraction of sp³-hybridized carbons (Fsp3) is 0.318. The highest BCUT2D eigenvalue weighted by Crippen LogP contribution is 2.32. The molecule has 0 aliphatic heterocycles. The van der Waals surface area contributed by atoms with Crippen molar-refractivity contribution < 1.29 is 5.94 Å². The summed E-state index contributed by atoms with van der Waals surface area (Å²) in [4.78, 5) is 0. The Bertz CT molecular complexity index is 984. The lowest BCUT2D eigenvalue weighted by atomic mass is 9.93. The zero-order chi connectivity index (χ0) is 17.8. The van der Waals surface area contributed by atoms with E-state index in [1.54, 1.807) is 0 Å². The number of hydrogen-bond acceptors (Lipinski definition) is 0. The number of aromatic nitrogens is 1. The topological polar surface area (TPSA) is 3.88 Å². The first-order valence-electron chi connectivity index (χ1n) is 8.70. The number of hydrogen-bond donors (Lipinski definition) is 0. The molecule has 3 aromatic rings. The fourth-order valence-corrected chi connectivity index (χ4v) is 3.35. The molecule has 0 radical (unpaired) electrons. The Morgan fingerprint density at radius 2 is 1.48 bits per heavy atom. The highest BCUT2D eigenvalue weighted by Gasteiger charge is 2.21. The van der Waals surface area contributed by atoms with Crippen LogP contribution in [0.4, 0.5) is 0 Å². The first-order chi connectivity index (χ1) is 11.2. The summed E-state index contributed by atoms with van der Waals surface area (Å²) in [6, 6.07) is 9.55. The van der Waals surface area contributed by atoms with Crippen molar-refractivity contribution in [3.8, 4) is 11.3 Å². The van der Waals surface area contributed by atoms with Crippen LogP contribution in [-0.2, 0) is 7.05 Å². The molecule has 0 spiro atoms. The second-order valence-electron chi connectivity index (χ2n) is 6.85. The van der Waals surface area contributed by atoms with Crippen molar-refractivity contribution in [3.63, 3.8) is 0 Å². The zero-order valence-electron chi connectivity index (χ0n) is 16.3. The Labute approximate surface area is 141 Å². The second-order valence-corrected chi connectivity index (χ2v) is 6.85. The summed E-state index contributed by atoms with van der Waals surface area (Å²) >= 11 is 0. The Kier molecular flexibility index (Phi) is 3.45. The van der Waals surface area contributed by atoms with Crippen LogP contribution in [0.5, 0.6) is 0 Å². The summed E-state index contributed by atoms with van der Waals surface area (Å²) in [7, 11) is 2.08. The van der Waals surface area contributed by atoms with E-state index in [4.69, 9.17) is 1.37 Å². The number of pyridine rings is 1. The molecular formula is C22H26N+. The summed E-state index contributed by atoms with van der Waals surface area (Å²) < 4.78 is 10.8. The Balaban J connectivity index is 2.56. The van der Waals surface area contributed by atoms with E-state index in [1.807, 2.05) is 6.92 Å². The lowest BCUT2D eigenvalue weighted by molar-refractivity contribution is -0.665. The lowest BCUT2D eigenvalue weighted by Crippen LogP contribution is -2.35. The van der Waals surface area contributed by atoms with Crippen LogP contribution in [0.1, 0.15) is 34.9 Å². The van der Waals surface area contributed by atoms with Crippen molar-refractivity contribution >= 4 is 10.8 Å². The minimum atomic E-state index is 0.626. The molecule has 0 amide bonds. The van der Waals surface area contributed by atoms with Crippen molar-refractivity contribution in [1.29, 1.82) is 0 Å². The van der Waals surface area contributed by atoms with Crippen LogP contribution in [0, 0.1) is 41.5 Å². The van der Waals surface area contributed by atoms with E-state index in [9.17, 15) is 0 Å². The third-order valence-electron chi connectivity index (χ3n) is 5.11. The molecule has 1 aromatic heterocycles. The molecular weight excluding hydrogens is 278 g/mol. The fourth-order valence-electron chi connectivity index (χ4n) is 3.35. The minimum Gasteiger partial charge on any atom is -0.198 e. The average Bonchev–Trinajstić information content (AvgIpc) is 2.52. The number of rotatable bonds is 1. The number of nitrogens with zero attached hydrogens (tertiary/aromatic N) is 1. The highest BCUT2D eigenvalue weighted by atomic mass is 14.9. The summed E-state index contributed by atoms with van der Waals surface area (Å²) in [6.45, 7) is 12.8. The van der Waals surface area contributed by atoms with E-state index in [0.717, 1.165) is 11.1 Å². The van der Waals surface area contributed by atoms with Gasteiger partial charge >= 0.3 is 0 Å². The Morgan fingerprint density at radius 1 is 0.826 bits per heavy atom. The van der Waals surface area contributed by atoms with Gasteiger partial charge in [-0.3, -0.25) is 0 Å². The maximum Gasteiger partial charge on any atom is 0.220 e. The molecule has 2 aromatic carbocycles. The summed E-state index contributed by atoms with van der Waals surface area (Å²) in [5.41, 5.74) is 9.90. The van der Waals surface area contributed by atoms with Gasteiger partial charge in [-0.2, -0.15) is 4.57 Å². The summed E-state index contributed by atoms with van der Waals surface area (Å²) in [5.74, 6) is 0. The van der Waals surface area contributed by atoms with E-state index in [1.165, 1.54) is 44.5 Å². The molecule has 1 heterocycles. The smallest absolute Gasteiger partial charge is 0.198 e. The predicted molar refractivity (Wildman–Crippen MR) is 99.0 cm³/mol. The van der Waals surface area contributed by atoms with Crippen LogP contribution >= 0.6 is 0 Å². The molecule has 1 nitrogen and oxygen atoms in total. The average molecular weight is 305 g/mol. The molecule has 0 saturated heterocycles. The Hall–Kier alpha value is -2.15. The van der Waals surface area contributed by atoms with Gasteiger partial charge in [-0.15, -0.1) is 0 Å². The number of benzene rings is 2. The summed E-state index contributed by atoms with van der Waals surface area (Å²) in [5, 5.41) is 2.21. The van der Waals surface area contributed by atoms with Crippen LogP contribution < -0.4 is 4.57 Å². The molecule has 0 saturated carbocycles. The maximum atomic E-state index is 8.57. The molecule has 0 unspecified atom stereocenters. The van der Waals surface area contributed by atoms with Crippen molar-refractivity contribution in [3.05, 3.63) is 63.8 Å². The van der Waals surface area contributed by atoms with Gasteiger partial charge in [0.25, 0.3) is 0 Å². The molecule has 0 N–H and O–H groups in total. The lowest BCUT2D eigenvalue weighted by Gasteiger charge is -2.14. The van der Waals surface area contributed by atoms with Crippen molar-refractivity contribution in [2.75, 3.05) is 0 Å². The van der Waals surface area contributed by atoms with E-state index >= 15 is 0 Å². The zero-order valence-corrected chi connectivity index (χ0v) is 15.3. The molecule has 118 valence electrons. The quantitative estimate of drug-likeness (QED) is 0.545. The van der Waals surface area contributed by atoms with Crippen LogP contribution in [0.15, 0.2) is 30.3 Å². The highest BCUT2D eigenvalue weighted by molar-refractivity contribution is 5.95. The molecule has 0 atom stereocenters. The van der Waals surface area contributed by atoms with E-state index in [-0.39, 0.29) is 0 Å². The van der Waals surface area contributed by atoms with Crippen molar-refractivity contribution in [2.45, 2.75) is 41.5 Å². The van der Waals surface area contributed by atoms with E-state index < -0.39 is 0 Å². The van der Waals surface area contributed by atoms with Gasteiger partial charge in [-0.05, 0) is 74.4 Å². The first-order valence-corrected chi connectivity index (χ1v) is 8.20. The van der Waals surface area contributed by atoms with E-state index in [2.05, 4.69) is 70.5 Å². The van der Waals surface area contributed by atoms with Gasteiger partial charge in [0.2, 0.25) is 5.69 Å². The van der Waals surface area contributed by atoms with Crippen molar-refractivity contribution in [1.82, 2.24) is 0 Å². The largest absolute Gasteiger partial charge is 0.220 e. The number of aryl methyl sites for hydroxylation is 4.